The van der Waals surface area contributed by atoms with Gasteiger partial charge in [0.1, 0.15) is 23.4 Å². The van der Waals surface area contributed by atoms with Gasteiger partial charge in [-0.25, -0.2) is 0 Å². The average molecular weight is 308 g/mol. The molecule has 1 aliphatic heterocycles. The molecule has 116 valence electrons. The molecule has 21 heavy (non-hydrogen) atoms. The van der Waals surface area contributed by atoms with Crippen LogP contribution in [0.15, 0.2) is 24.3 Å². The normalized spacial score (nSPS) is 24.0. The molecule has 3 atom stereocenters. The zero-order chi connectivity index (χ0) is 15.4. The molecule has 0 radical (unpaired) electrons. The van der Waals surface area contributed by atoms with E-state index in [0.29, 0.717) is 30.1 Å². The molecule has 0 amide bonds. The SMILES string of the molecule is CC1CC(C)N(CC(O)COc2ccc(C(N)=S)cc2)C1. The number of nitrogens with two attached hydrogens (primary N) is 1. The van der Waals surface area contributed by atoms with Crippen LogP contribution in [-0.2, 0) is 0 Å². The Balaban J connectivity index is 1.78. The summed E-state index contributed by atoms with van der Waals surface area (Å²) in [7, 11) is 0. The first kappa shape index (κ1) is 16.2. The van der Waals surface area contributed by atoms with Gasteiger partial charge in [-0.1, -0.05) is 19.1 Å². The van der Waals surface area contributed by atoms with Gasteiger partial charge < -0.3 is 15.6 Å². The molecule has 3 unspecified atom stereocenters. The smallest absolute Gasteiger partial charge is 0.119 e. The second kappa shape index (κ2) is 7.20. The van der Waals surface area contributed by atoms with Crippen LogP contribution in [0.25, 0.3) is 0 Å². The molecule has 1 aliphatic rings. The summed E-state index contributed by atoms with van der Waals surface area (Å²) in [6, 6.07) is 7.84. The van der Waals surface area contributed by atoms with Gasteiger partial charge in [0.05, 0.1) is 0 Å². The lowest BCUT2D eigenvalue weighted by Crippen LogP contribution is -2.37. The number of aliphatic hydroxyl groups excluding tert-OH is 1. The van der Waals surface area contributed by atoms with Crippen LogP contribution in [0.1, 0.15) is 25.8 Å². The highest BCUT2D eigenvalue weighted by Crippen LogP contribution is 2.22. The highest BCUT2D eigenvalue weighted by atomic mass is 32.1. The van der Waals surface area contributed by atoms with Crippen LogP contribution in [0.2, 0.25) is 0 Å². The van der Waals surface area contributed by atoms with Gasteiger partial charge in [-0.2, -0.15) is 0 Å². The predicted molar refractivity (Wildman–Crippen MR) is 88.6 cm³/mol. The summed E-state index contributed by atoms with van der Waals surface area (Å²) in [5.41, 5.74) is 6.36. The van der Waals surface area contributed by atoms with E-state index in [0.717, 1.165) is 17.9 Å². The number of aliphatic hydroxyl groups is 1. The molecule has 1 aromatic carbocycles. The lowest BCUT2D eigenvalue weighted by Gasteiger charge is -2.24. The monoisotopic (exact) mass is 308 g/mol. The lowest BCUT2D eigenvalue weighted by atomic mass is 10.1. The van der Waals surface area contributed by atoms with E-state index in [4.69, 9.17) is 22.7 Å². The van der Waals surface area contributed by atoms with Gasteiger partial charge in [0, 0.05) is 24.7 Å². The van der Waals surface area contributed by atoms with E-state index < -0.39 is 6.10 Å². The van der Waals surface area contributed by atoms with E-state index in [2.05, 4.69) is 18.7 Å². The Morgan fingerprint density at radius 1 is 1.43 bits per heavy atom. The van der Waals surface area contributed by atoms with Crippen molar-refractivity contribution in [2.24, 2.45) is 11.7 Å². The Labute approximate surface area is 131 Å². The summed E-state index contributed by atoms with van der Waals surface area (Å²) in [5.74, 6) is 1.43. The van der Waals surface area contributed by atoms with Crippen molar-refractivity contribution in [2.75, 3.05) is 19.7 Å². The van der Waals surface area contributed by atoms with Crippen molar-refractivity contribution in [2.45, 2.75) is 32.4 Å². The zero-order valence-electron chi connectivity index (χ0n) is 12.7. The summed E-state index contributed by atoms with van der Waals surface area (Å²) in [5, 5.41) is 10.1. The van der Waals surface area contributed by atoms with Gasteiger partial charge in [-0.3, -0.25) is 4.90 Å². The summed E-state index contributed by atoms with van der Waals surface area (Å²) < 4.78 is 5.61. The topological polar surface area (TPSA) is 58.7 Å². The fourth-order valence-corrected chi connectivity index (χ4v) is 3.01. The molecule has 0 aromatic heterocycles. The lowest BCUT2D eigenvalue weighted by molar-refractivity contribution is 0.0655. The molecule has 0 spiro atoms. The highest BCUT2D eigenvalue weighted by molar-refractivity contribution is 7.80. The first-order valence-corrected chi connectivity index (χ1v) is 7.81. The molecule has 0 saturated carbocycles. The maximum absolute atomic E-state index is 10.1. The zero-order valence-corrected chi connectivity index (χ0v) is 13.5. The fraction of sp³-hybridized carbons (Fsp3) is 0.562. The Kier molecular flexibility index (Phi) is 5.56. The van der Waals surface area contributed by atoms with Crippen LogP contribution in [0, 0.1) is 5.92 Å². The molecule has 1 fully saturated rings. The number of nitrogens with zero attached hydrogens (tertiary/aromatic N) is 1. The Morgan fingerprint density at radius 2 is 2.10 bits per heavy atom. The third-order valence-electron chi connectivity index (χ3n) is 3.94. The number of likely N-dealkylation sites (tertiary alicyclic amines) is 1. The molecule has 1 saturated heterocycles. The van der Waals surface area contributed by atoms with E-state index in [1.165, 1.54) is 6.42 Å². The van der Waals surface area contributed by atoms with E-state index in [1.807, 2.05) is 24.3 Å². The second-order valence-electron chi connectivity index (χ2n) is 6.00. The number of benzene rings is 1. The average Bonchev–Trinajstić information content (AvgIpc) is 2.75. The second-order valence-corrected chi connectivity index (χ2v) is 6.44. The molecular weight excluding hydrogens is 284 g/mol. The quantitative estimate of drug-likeness (QED) is 0.785. The van der Waals surface area contributed by atoms with Crippen LogP contribution in [0.4, 0.5) is 0 Å². The highest BCUT2D eigenvalue weighted by Gasteiger charge is 2.27. The van der Waals surface area contributed by atoms with Gasteiger partial charge in [-0.15, -0.1) is 0 Å². The van der Waals surface area contributed by atoms with Crippen LogP contribution in [0.5, 0.6) is 5.75 Å². The van der Waals surface area contributed by atoms with Crippen LogP contribution < -0.4 is 10.5 Å². The minimum absolute atomic E-state index is 0.296. The number of thiocarbonyl (C=S) groups is 1. The van der Waals surface area contributed by atoms with Crippen LogP contribution in [0.3, 0.4) is 0 Å². The predicted octanol–water partition coefficient (Wildman–Crippen LogP) is 1.79. The van der Waals surface area contributed by atoms with Gasteiger partial charge in [-0.05, 0) is 43.5 Å². The fourth-order valence-electron chi connectivity index (χ4n) is 2.87. The Hall–Kier alpha value is -1.17. The number of β-amino-alcohol motifs (C(OH)–C–C–N with tert-alkyl or cyclic N) is 1. The molecule has 1 heterocycles. The minimum atomic E-state index is -0.479. The van der Waals surface area contributed by atoms with Crippen molar-refractivity contribution < 1.29 is 9.84 Å². The van der Waals surface area contributed by atoms with E-state index >= 15 is 0 Å². The van der Waals surface area contributed by atoms with Gasteiger partial charge in [0.25, 0.3) is 0 Å². The molecule has 0 bridgehead atoms. The molecule has 0 aliphatic carbocycles. The van der Waals surface area contributed by atoms with Crippen LogP contribution in [-0.4, -0.2) is 46.8 Å². The molecule has 2 rings (SSSR count). The first-order valence-electron chi connectivity index (χ1n) is 7.40. The van der Waals surface area contributed by atoms with E-state index in [-0.39, 0.29) is 0 Å². The summed E-state index contributed by atoms with van der Waals surface area (Å²) in [6.45, 7) is 6.48. The van der Waals surface area contributed by atoms with Crippen molar-refractivity contribution >= 4 is 17.2 Å². The first-order chi connectivity index (χ1) is 9.95. The summed E-state index contributed by atoms with van der Waals surface area (Å²) >= 11 is 4.90. The van der Waals surface area contributed by atoms with Crippen molar-refractivity contribution in [1.82, 2.24) is 4.90 Å². The largest absolute Gasteiger partial charge is 0.491 e. The van der Waals surface area contributed by atoms with Crippen molar-refractivity contribution in [3.63, 3.8) is 0 Å². The molecule has 5 heteroatoms. The summed E-state index contributed by atoms with van der Waals surface area (Å²) in [6.07, 6.45) is 0.724. The molecule has 4 nitrogen and oxygen atoms in total. The van der Waals surface area contributed by atoms with Gasteiger partial charge in [0.2, 0.25) is 0 Å². The van der Waals surface area contributed by atoms with Crippen LogP contribution >= 0.6 is 12.2 Å². The Bertz CT molecular complexity index is 478. The van der Waals surface area contributed by atoms with Crippen molar-refractivity contribution in [1.29, 1.82) is 0 Å². The standard InChI is InChI=1S/C16H24N2O2S/c1-11-7-12(2)18(8-11)9-14(19)10-20-15-5-3-13(4-6-15)16(17)21/h3-6,11-12,14,19H,7-10H2,1-2H3,(H2,17,21). The number of hydrogen-bond acceptors (Lipinski definition) is 4. The number of hydrogen-bond donors (Lipinski definition) is 2. The summed E-state index contributed by atoms with van der Waals surface area (Å²) in [4.78, 5) is 2.70. The maximum Gasteiger partial charge on any atom is 0.119 e. The Morgan fingerprint density at radius 3 is 2.62 bits per heavy atom. The van der Waals surface area contributed by atoms with Gasteiger partial charge >= 0.3 is 0 Å². The van der Waals surface area contributed by atoms with E-state index in [1.54, 1.807) is 0 Å². The van der Waals surface area contributed by atoms with Crippen molar-refractivity contribution in [3.05, 3.63) is 29.8 Å². The maximum atomic E-state index is 10.1. The number of rotatable bonds is 6. The minimum Gasteiger partial charge on any atom is -0.491 e. The van der Waals surface area contributed by atoms with Crippen molar-refractivity contribution in [3.8, 4) is 5.75 Å². The third kappa shape index (κ3) is 4.66. The van der Waals surface area contributed by atoms with Gasteiger partial charge in [0.15, 0.2) is 0 Å². The molecular formula is C16H24N2O2S. The van der Waals surface area contributed by atoms with E-state index in [9.17, 15) is 5.11 Å². The molecule has 1 aromatic rings. The number of ether oxygens (including phenoxy) is 1. The molecule has 3 N–H and O–H groups in total. The third-order valence-corrected chi connectivity index (χ3v) is 4.18.